The third-order valence-electron chi connectivity index (χ3n) is 3.22. The maximum atomic E-state index is 11.2. The van der Waals surface area contributed by atoms with Crippen molar-refractivity contribution in [2.45, 2.75) is 39.7 Å². The Balaban J connectivity index is 2.64. The molecule has 0 amide bonds. The Labute approximate surface area is 109 Å². The lowest BCUT2D eigenvalue weighted by Gasteiger charge is -2.19. The van der Waals surface area contributed by atoms with Gasteiger partial charge in [0.05, 0.1) is 7.11 Å². The van der Waals surface area contributed by atoms with Crippen molar-refractivity contribution < 1.29 is 9.53 Å². The van der Waals surface area contributed by atoms with E-state index >= 15 is 0 Å². The number of hydrogen-bond donors (Lipinski definition) is 1. The first-order chi connectivity index (χ1) is 8.43. The molecule has 0 saturated carbocycles. The molecule has 0 aromatic heterocycles. The van der Waals surface area contributed by atoms with Crippen LogP contribution >= 0.6 is 0 Å². The minimum absolute atomic E-state index is 0.0229. The number of methoxy groups -OCH3 is 1. The summed E-state index contributed by atoms with van der Waals surface area (Å²) in [6.45, 7) is 6.18. The van der Waals surface area contributed by atoms with Crippen LogP contribution in [0.25, 0.3) is 0 Å². The molecule has 0 radical (unpaired) electrons. The highest BCUT2D eigenvalue weighted by Gasteiger charge is 2.16. The van der Waals surface area contributed by atoms with Crippen LogP contribution in [-0.2, 0) is 9.53 Å². The van der Waals surface area contributed by atoms with Crippen LogP contribution in [-0.4, -0.2) is 13.1 Å². The van der Waals surface area contributed by atoms with Crippen molar-refractivity contribution in [3.8, 4) is 0 Å². The molecule has 3 nitrogen and oxygen atoms in total. The molecule has 0 heterocycles. The average molecular weight is 249 g/mol. The summed E-state index contributed by atoms with van der Waals surface area (Å²) in [5, 5.41) is 0. The van der Waals surface area contributed by atoms with Gasteiger partial charge in [0.1, 0.15) is 0 Å². The number of aryl methyl sites for hydroxylation is 2. The number of hydrogen-bond acceptors (Lipinski definition) is 3. The Morgan fingerprint density at radius 3 is 2.61 bits per heavy atom. The van der Waals surface area contributed by atoms with Crippen LogP contribution in [0.2, 0.25) is 0 Å². The Kier molecular flexibility index (Phi) is 5.35. The standard InChI is InChI=1S/C15H23NO2/c1-10-5-6-13(12(3)7-10)14(16)8-11(2)9-15(17)18-4/h5-7,11,14H,8-9,16H2,1-4H3. The van der Waals surface area contributed by atoms with Crippen LogP contribution in [0.5, 0.6) is 0 Å². The summed E-state index contributed by atoms with van der Waals surface area (Å²) in [4.78, 5) is 11.2. The average Bonchev–Trinajstić information content (AvgIpc) is 2.28. The van der Waals surface area contributed by atoms with Gasteiger partial charge in [-0.2, -0.15) is 0 Å². The van der Waals surface area contributed by atoms with Crippen LogP contribution in [0.4, 0.5) is 0 Å². The van der Waals surface area contributed by atoms with Crippen molar-refractivity contribution >= 4 is 5.97 Å². The number of carbonyl (C=O) groups is 1. The zero-order valence-electron chi connectivity index (χ0n) is 11.7. The van der Waals surface area contributed by atoms with E-state index in [-0.39, 0.29) is 17.9 Å². The Morgan fingerprint density at radius 1 is 1.39 bits per heavy atom. The second-order valence-electron chi connectivity index (χ2n) is 5.09. The predicted molar refractivity (Wildman–Crippen MR) is 73.3 cm³/mol. The smallest absolute Gasteiger partial charge is 0.305 e. The fourth-order valence-corrected chi connectivity index (χ4v) is 2.25. The van der Waals surface area contributed by atoms with E-state index in [1.165, 1.54) is 18.2 Å². The Hall–Kier alpha value is -1.35. The van der Waals surface area contributed by atoms with E-state index in [1.807, 2.05) is 6.92 Å². The lowest BCUT2D eigenvalue weighted by atomic mass is 9.91. The molecule has 2 unspecified atom stereocenters. The number of ether oxygens (including phenoxy) is 1. The van der Waals surface area contributed by atoms with Crippen LogP contribution < -0.4 is 5.73 Å². The highest BCUT2D eigenvalue weighted by Crippen LogP contribution is 2.24. The quantitative estimate of drug-likeness (QED) is 0.816. The molecule has 1 rings (SSSR count). The van der Waals surface area contributed by atoms with E-state index in [1.54, 1.807) is 0 Å². The second kappa shape index (κ2) is 6.55. The van der Waals surface area contributed by atoms with Crippen molar-refractivity contribution in [3.05, 3.63) is 34.9 Å². The van der Waals surface area contributed by atoms with E-state index in [0.717, 1.165) is 12.0 Å². The predicted octanol–water partition coefficient (Wildman–Crippen LogP) is 2.89. The van der Waals surface area contributed by atoms with Crippen molar-refractivity contribution in [2.24, 2.45) is 11.7 Å². The molecule has 3 heteroatoms. The van der Waals surface area contributed by atoms with E-state index in [9.17, 15) is 4.79 Å². The molecule has 1 aromatic rings. The number of esters is 1. The lowest BCUT2D eigenvalue weighted by Crippen LogP contribution is -2.17. The molecule has 1 aromatic carbocycles. The third-order valence-corrected chi connectivity index (χ3v) is 3.22. The summed E-state index contributed by atoms with van der Waals surface area (Å²) in [7, 11) is 1.42. The zero-order chi connectivity index (χ0) is 13.7. The minimum Gasteiger partial charge on any atom is -0.469 e. The highest BCUT2D eigenvalue weighted by atomic mass is 16.5. The van der Waals surface area contributed by atoms with Crippen LogP contribution in [0.15, 0.2) is 18.2 Å². The molecule has 18 heavy (non-hydrogen) atoms. The summed E-state index contributed by atoms with van der Waals surface area (Å²) in [6.07, 6.45) is 1.22. The zero-order valence-corrected chi connectivity index (χ0v) is 11.7. The number of nitrogens with two attached hydrogens (primary N) is 1. The molecule has 0 spiro atoms. The lowest BCUT2D eigenvalue weighted by molar-refractivity contribution is -0.141. The molecule has 0 bridgehead atoms. The van der Waals surface area contributed by atoms with Gasteiger partial charge in [-0.1, -0.05) is 30.7 Å². The topological polar surface area (TPSA) is 52.3 Å². The van der Waals surface area contributed by atoms with Crippen molar-refractivity contribution in [1.29, 1.82) is 0 Å². The monoisotopic (exact) mass is 249 g/mol. The van der Waals surface area contributed by atoms with Crippen molar-refractivity contribution in [1.82, 2.24) is 0 Å². The summed E-state index contributed by atoms with van der Waals surface area (Å²) >= 11 is 0. The largest absolute Gasteiger partial charge is 0.469 e. The molecule has 0 aliphatic heterocycles. The van der Waals surface area contributed by atoms with Gasteiger partial charge in [-0.05, 0) is 37.3 Å². The normalized spacial score (nSPS) is 14.1. The Morgan fingerprint density at radius 2 is 2.06 bits per heavy atom. The minimum atomic E-state index is -0.171. The summed E-state index contributed by atoms with van der Waals surface area (Å²) < 4.78 is 4.67. The number of rotatable bonds is 5. The van der Waals surface area contributed by atoms with E-state index in [0.29, 0.717) is 6.42 Å². The van der Waals surface area contributed by atoms with E-state index in [2.05, 4.69) is 36.8 Å². The first kappa shape index (κ1) is 14.7. The van der Waals surface area contributed by atoms with Gasteiger partial charge < -0.3 is 10.5 Å². The molecule has 2 N–H and O–H groups in total. The Bertz CT molecular complexity index is 415. The second-order valence-corrected chi connectivity index (χ2v) is 5.09. The van der Waals surface area contributed by atoms with Gasteiger partial charge in [0.2, 0.25) is 0 Å². The van der Waals surface area contributed by atoms with Gasteiger partial charge in [-0.15, -0.1) is 0 Å². The van der Waals surface area contributed by atoms with Gasteiger partial charge in [-0.3, -0.25) is 4.79 Å². The molecule has 100 valence electrons. The van der Waals surface area contributed by atoms with Gasteiger partial charge in [0.15, 0.2) is 0 Å². The first-order valence-electron chi connectivity index (χ1n) is 6.33. The fourth-order valence-electron chi connectivity index (χ4n) is 2.25. The summed E-state index contributed by atoms with van der Waals surface area (Å²) in [5.41, 5.74) is 9.83. The van der Waals surface area contributed by atoms with Gasteiger partial charge in [0, 0.05) is 12.5 Å². The van der Waals surface area contributed by atoms with E-state index < -0.39 is 0 Å². The van der Waals surface area contributed by atoms with Crippen molar-refractivity contribution in [3.63, 3.8) is 0 Å². The SMILES string of the molecule is COC(=O)CC(C)CC(N)c1ccc(C)cc1C. The third kappa shape index (κ3) is 4.15. The van der Waals surface area contributed by atoms with Crippen LogP contribution in [0, 0.1) is 19.8 Å². The molecule has 0 aliphatic rings. The fraction of sp³-hybridized carbons (Fsp3) is 0.533. The van der Waals surface area contributed by atoms with Crippen LogP contribution in [0.3, 0.4) is 0 Å². The maximum absolute atomic E-state index is 11.2. The van der Waals surface area contributed by atoms with Gasteiger partial charge in [-0.25, -0.2) is 0 Å². The molecular formula is C15H23NO2. The summed E-state index contributed by atoms with van der Waals surface area (Å²) in [5.74, 6) is 0.0588. The number of carbonyl (C=O) groups excluding carboxylic acids is 1. The van der Waals surface area contributed by atoms with E-state index in [4.69, 9.17) is 5.73 Å². The van der Waals surface area contributed by atoms with Gasteiger partial charge >= 0.3 is 5.97 Å². The molecule has 0 saturated heterocycles. The number of benzene rings is 1. The van der Waals surface area contributed by atoms with Crippen molar-refractivity contribution in [2.75, 3.05) is 7.11 Å². The molecule has 2 atom stereocenters. The first-order valence-corrected chi connectivity index (χ1v) is 6.33. The molecule has 0 fully saturated rings. The summed E-state index contributed by atoms with van der Waals surface area (Å²) in [6, 6.07) is 6.28. The van der Waals surface area contributed by atoms with Gasteiger partial charge in [0.25, 0.3) is 0 Å². The molecule has 0 aliphatic carbocycles. The van der Waals surface area contributed by atoms with Crippen LogP contribution in [0.1, 0.15) is 42.5 Å². The maximum Gasteiger partial charge on any atom is 0.305 e. The highest BCUT2D eigenvalue weighted by molar-refractivity contribution is 5.69. The molecular weight excluding hydrogens is 226 g/mol.